The number of benzene rings is 1. The number of nitrogens with zero attached hydrogens (tertiary/aromatic N) is 1. The van der Waals surface area contributed by atoms with Crippen molar-refractivity contribution < 1.29 is 14.1 Å². The molecule has 0 aliphatic carbocycles. The van der Waals surface area contributed by atoms with Crippen molar-refractivity contribution in [2.24, 2.45) is 0 Å². The predicted molar refractivity (Wildman–Crippen MR) is 108 cm³/mol. The summed E-state index contributed by atoms with van der Waals surface area (Å²) in [6.45, 7) is 9.81. The van der Waals surface area contributed by atoms with Crippen molar-refractivity contribution in [2.75, 3.05) is 20.1 Å². The fourth-order valence-electron chi connectivity index (χ4n) is 3.16. The summed E-state index contributed by atoms with van der Waals surface area (Å²) in [5, 5.41) is 3.70. The highest BCUT2D eigenvalue weighted by molar-refractivity contribution is 6.62. The fraction of sp³-hybridized carbons (Fsp3) is 0.611. The van der Waals surface area contributed by atoms with Crippen molar-refractivity contribution in [2.45, 2.75) is 51.4 Å². The monoisotopic (exact) mass is 400 g/mol. The van der Waals surface area contributed by atoms with Crippen LogP contribution in [0.1, 0.15) is 44.5 Å². The van der Waals surface area contributed by atoms with E-state index in [0.29, 0.717) is 10.6 Å². The zero-order valence-corrected chi connectivity index (χ0v) is 17.5. The van der Waals surface area contributed by atoms with E-state index in [1.54, 1.807) is 17.0 Å². The molecular weight excluding hydrogens is 374 g/mol. The molecule has 1 amide bonds. The summed E-state index contributed by atoms with van der Waals surface area (Å²) in [7, 11) is 1.35. The molecule has 1 atom stereocenters. The molecule has 2 aliphatic heterocycles. The van der Waals surface area contributed by atoms with Gasteiger partial charge in [0.05, 0.1) is 21.8 Å². The summed E-state index contributed by atoms with van der Waals surface area (Å²) in [4.78, 5) is 14.5. The van der Waals surface area contributed by atoms with Crippen molar-refractivity contribution in [3.05, 3.63) is 28.8 Å². The maximum atomic E-state index is 12.7. The summed E-state index contributed by atoms with van der Waals surface area (Å²) in [5.41, 5.74) is 0.518. The van der Waals surface area contributed by atoms with Gasteiger partial charge < -0.3 is 19.5 Å². The average molecular weight is 401 g/mol. The first kappa shape index (κ1) is 21.5. The summed E-state index contributed by atoms with van der Waals surface area (Å²) >= 11 is 6.42. The molecule has 1 aromatic carbocycles. The van der Waals surface area contributed by atoms with Gasteiger partial charge in [0.1, 0.15) is 0 Å². The first-order chi connectivity index (χ1) is 11.6. The van der Waals surface area contributed by atoms with E-state index >= 15 is 0 Å². The lowest BCUT2D eigenvalue weighted by molar-refractivity contribution is 0.00578. The Morgan fingerprint density at radius 2 is 1.88 bits per heavy atom. The Labute approximate surface area is 167 Å². The molecule has 3 rings (SSSR count). The Kier molecular flexibility index (Phi) is 6.36. The third kappa shape index (κ3) is 3.90. The smallest absolute Gasteiger partial charge is 0.399 e. The molecule has 0 bridgehead atoms. The van der Waals surface area contributed by atoms with E-state index in [1.807, 2.05) is 40.8 Å². The molecule has 144 valence electrons. The van der Waals surface area contributed by atoms with Gasteiger partial charge in [0.2, 0.25) is 0 Å². The number of hydrogen-bond acceptors (Lipinski definition) is 4. The zero-order valence-electron chi connectivity index (χ0n) is 16.0. The normalized spacial score (nSPS) is 23.6. The zero-order chi connectivity index (χ0) is 18.4. The average Bonchev–Trinajstić information content (AvgIpc) is 3.12. The molecule has 1 aromatic rings. The summed E-state index contributed by atoms with van der Waals surface area (Å²) < 4.78 is 12.1. The highest BCUT2D eigenvalue weighted by atomic mass is 35.5. The maximum Gasteiger partial charge on any atom is 0.494 e. The van der Waals surface area contributed by atoms with Crippen molar-refractivity contribution >= 4 is 42.5 Å². The molecule has 0 unspecified atom stereocenters. The number of amides is 1. The molecule has 0 saturated carbocycles. The number of likely N-dealkylation sites (N-methyl/N-ethyl adjacent to an activating group) is 1. The van der Waals surface area contributed by atoms with Crippen LogP contribution in [0.25, 0.3) is 0 Å². The molecule has 26 heavy (non-hydrogen) atoms. The third-order valence-corrected chi connectivity index (χ3v) is 5.96. The molecule has 2 saturated heterocycles. The lowest BCUT2D eigenvalue weighted by Gasteiger charge is -2.32. The molecule has 1 N–H and O–H groups in total. The topological polar surface area (TPSA) is 50.8 Å². The van der Waals surface area contributed by atoms with Crippen molar-refractivity contribution in [3.63, 3.8) is 0 Å². The lowest BCUT2D eigenvalue weighted by Crippen LogP contribution is -2.41. The Balaban J connectivity index is 0.00000243. The van der Waals surface area contributed by atoms with E-state index in [1.165, 1.54) is 0 Å². The Morgan fingerprint density at radius 1 is 1.27 bits per heavy atom. The highest BCUT2D eigenvalue weighted by Gasteiger charge is 2.51. The first-order valence-electron chi connectivity index (χ1n) is 8.75. The van der Waals surface area contributed by atoms with Gasteiger partial charge in [-0.2, -0.15) is 0 Å². The lowest BCUT2D eigenvalue weighted by atomic mass is 9.79. The van der Waals surface area contributed by atoms with Crippen LogP contribution in [-0.4, -0.2) is 55.3 Å². The Hall–Kier alpha value is -0.785. The molecular formula is C18H27BCl2N2O3. The fourth-order valence-corrected chi connectivity index (χ4v) is 3.43. The second-order valence-corrected chi connectivity index (χ2v) is 8.30. The van der Waals surface area contributed by atoms with Gasteiger partial charge in [-0.1, -0.05) is 17.7 Å². The maximum absolute atomic E-state index is 12.7. The van der Waals surface area contributed by atoms with Crippen LogP contribution in [0.4, 0.5) is 0 Å². The van der Waals surface area contributed by atoms with Crippen molar-refractivity contribution in [1.82, 2.24) is 10.2 Å². The van der Waals surface area contributed by atoms with Gasteiger partial charge in [0.25, 0.3) is 5.91 Å². The molecule has 0 spiro atoms. The molecule has 8 heteroatoms. The van der Waals surface area contributed by atoms with Crippen molar-refractivity contribution in [1.29, 1.82) is 0 Å². The quantitative estimate of drug-likeness (QED) is 0.792. The minimum Gasteiger partial charge on any atom is -0.399 e. The van der Waals surface area contributed by atoms with Crippen LogP contribution in [-0.2, 0) is 9.31 Å². The first-order valence-corrected chi connectivity index (χ1v) is 9.13. The number of hydrogen-bond donors (Lipinski definition) is 1. The van der Waals surface area contributed by atoms with Gasteiger partial charge in [0, 0.05) is 19.6 Å². The number of carbonyl (C=O) groups excluding carboxylic acids is 1. The molecule has 5 nitrogen and oxygen atoms in total. The van der Waals surface area contributed by atoms with Crippen LogP contribution in [0.2, 0.25) is 5.02 Å². The van der Waals surface area contributed by atoms with E-state index in [4.69, 9.17) is 20.9 Å². The minimum absolute atomic E-state index is 0. The summed E-state index contributed by atoms with van der Waals surface area (Å²) in [6, 6.07) is 5.62. The number of nitrogens with one attached hydrogen (secondary N) is 1. The minimum atomic E-state index is -0.483. The van der Waals surface area contributed by atoms with Crippen LogP contribution < -0.4 is 10.8 Å². The summed E-state index contributed by atoms with van der Waals surface area (Å²) in [5.74, 6) is -0.0563. The van der Waals surface area contributed by atoms with Gasteiger partial charge in [-0.3, -0.25) is 4.79 Å². The second kappa shape index (κ2) is 7.68. The molecule has 0 aromatic heterocycles. The van der Waals surface area contributed by atoms with E-state index in [-0.39, 0.29) is 24.4 Å². The van der Waals surface area contributed by atoms with E-state index in [2.05, 4.69) is 5.32 Å². The number of halogens is 2. The molecule has 2 aliphatic rings. The number of carbonyl (C=O) groups is 1. The van der Waals surface area contributed by atoms with Crippen LogP contribution >= 0.6 is 24.0 Å². The Bertz CT molecular complexity index is 662. The van der Waals surface area contributed by atoms with E-state index < -0.39 is 18.3 Å². The van der Waals surface area contributed by atoms with Gasteiger partial charge in [-0.15, -0.1) is 12.4 Å². The van der Waals surface area contributed by atoms with Crippen LogP contribution in [0, 0.1) is 0 Å². The SMILES string of the molecule is CN(C(=O)c1ccc(B2OC(C)(C)C(C)(C)O2)cc1Cl)[C@@H]1CCNC1.Cl. The van der Waals surface area contributed by atoms with Crippen molar-refractivity contribution in [3.8, 4) is 0 Å². The van der Waals surface area contributed by atoms with Crippen LogP contribution in [0.3, 0.4) is 0 Å². The van der Waals surface area contributed by atoms with Gasteiger partial charge >= 0.3 is 7.12 Å². The molecule has 2 fully saturated rings. The summed E-state index contributed by atoms with van der Waals surface area (Å²) in [6.07, 6.45) is 0.964. The molecule has 0 radical (unpaired) electrons. The number of rotatable bonds is 3. The highest BCUT2D eigenvalue weighted by Crippen LogP contribution is 2.36. The largest absolute Gasteiger partial charge is 0.494 e. The Morgan fingerprint density at radius 3 is 2.38 bits per heavy atom. The standard InChI is InChI=1S/C18H26BClN2O3.ClH/c1-17(2)18(3,4)25-19(24-17)12-6-7-14(15(20)10-12)16(23)22(5)13-8-9-21-11-13;/h6-7,10,13,21H,8-9,11H2,1-5H3;1H/t13-;/m1./s1. The third-order valence-electron chi connectivity index (χ3n) is 5.65. The predicted octanol–water partition coefficient (Wildman–Crippen LogP) is 2.49. The second-order valence-electron chi connectivity index (χ2n) is 7.89. The van der Waals surface area contributed by atoms with E-state index in [9.17, 15) is 4.79 Å². The van der Waals surface area contributed by atoms with Gasteiger partial charge in [-0.05, 0) is 58.3 Å². The van der Waals surface area contributed by atoms with Gasteiger partial charge in [-0.25, -0.2) is 0 Å². The van der Waals surface area contributed by atoms with Crippen LogP contribution in [0.5, 0.6) is 0 Å². The van der Waals surface area contributed by atoms with E-state index in [0.717, 1.165) is 25.0 Å². The molecule has 2 heterocycles. The van der Waals surface area contributed by atoms with Gasteiger partial charge in [0.15, 0.2) is 0 Å². The van der Waals surface area contributed by atoms with Crippen LogP contribution in [0.15, 0.2) is 18.2 Å².